The predicted molar refractivity (Wildman–Crippen MR) is 95.7 cm³/mol. The van der Waals surface area contributed by atoms with Crippen molar-refractivity contribution in [3.63, 3.8) is 0 Å². The van der Waals surface area contributed by atoms with Crippen LogP contribution in [0.4, 0.5) is 0 Å². The standard InChI is InChI=1S/C19H30N4O/c1-16-5-4-6-17(20-16)15-22-11-9-19(10-12-22)8-7-18(24)23(19)14-13-21(2)3/h4-6H,7-15H2,1-3H3. The molecule has 2 saturated heterocycles. The first-order valence-corrected chi connectivity index (χ1v) is 9.09. The molecule has 0 bridgehead atoms. The van der Waals surface area contributed by atoms with Crippen molar-refractivity contribution >= 4 is 5.91 Å². The number of pyridine rings is 1. The summed E-state index contributed by atoms with van der Waals surface area (Å²) in [5.74, 6) is 0.352. The molecule has 3 rings (SSSR count). The molecule has 2 aliphatic heterocycles. The Hall–Kier alpha value is -1.46. The molecule has 0 aromatic carbocycles. The number of amides is 1. The molecule has 1 aromatic rings. The zero-order valence-corrected chi connectivity index (χ0v) is 15.3. The van der Waals surface area contributed by atoms with Crippen molar-refractivity contribution in [1.29, 1.82) is 0 Å². The minimum atomic E-state index is 0.115. The Labute approximate surface area is 145 Å². The van der Waals surface area contributed by atoms with Crippen LogP contribution in [0.3, 0.4) is 0 Å². The van der Waals surface area contributed by atoms with Gasteiger partial charge < -0.3 is 9.80 Å². The second-order valence-electron chi connectivity index (χ2n) is 7.62. The predicted octanol–water partition coefficient (Wildman–Crippen LogP) is 1.91. The van der Waals surface area contributed by atoms with Gasteiger partial charge in [0.05, 0.1) is 5.69 Å². The molecule has 0 aliphatic carbocycles. The van der Waals surface area contributed by atoms with Gasteiger partial charge in [-0.1, -0.05) is 6.07 Å². The van der Waals surface area contributed by atoms with Crippen molar-refractivity contribution in [3.8, 4) is 0 Å². The highest BCUT2D eigenvalue weighted by Gasteiger charge is 2.46. The normalized spacial score (nSPS) is 21.2. The summed E-state index contributed by atoms with van der Waals surface area (Å²) in [5, 5.41) is 0. The summed E-state index contributed by atoms with van der Waals surface area (Å²) < 4.78 is 0. The van der Waals surface area contributed by atoms with E-state index in [0.29, 0.717) is 5.91 Å². The first-order chi connectivity index (χ1) is 11.5. The molecule has 0 radical (unpaired) electrons. The van der Waals surface area contributed by atoms with Crippen molar-refractivity contribution in [2.45, 2.75) is 44.7 Å². The number of likely N-dealkylation sites (N-methyl/N-ethyl adjacent to an activating group) is 1. The smallest absolute Gasteiger partial charge is 0.223 e. The lowest BCUT2D eigenvalue weighted by molar-refractivity contribution is -0.132. The molecule has 5 nitrogen and oxygen atoms in total. The van der Waals surface area contributed by atoms with E-state index < -0.39 is 0 Å². The summed E-state index contributed by atoms with van der Waals surface area (Å²) in [6, 6.07) is 6.24. The Morgan fingerprint density at radius 2 is 1.96 bits per heavy atom. The van der Waals surface area contributed by atoms with Gasteiger partial charge in [-0.15, -0.1) is 0 Å². The highest BCUT2D eigenvalue weighted by molar-refractivity contribution is 5.79. The van der Waals surface area contributed by atoms with Crippen LogP contribution in [0.1, 0.15) is 37.1 Å². The number of likely N-dealkylation sites (tertiary alicyclic amines) is 2. The van der Waals surface area contributed by atoms with E-state index in [1.165, 1.54) is 0 Å². The van der Waals surface area contributed by atoms with Gasteiger partial charge in [0, 0.05) is 50.4 Å². The largest absolute Gasteiger partial charge is 0.336 e. The zero-order valence-electron chi connectivity index (χ0n) is 15.3. The van der Waals surface area contributed by atoms with Crippen molar-refractivity contribution in [2.75, 3.05) is 40.3 Å². The summed E-state index contributed by atoms with van der Waals surface area (Å²) >= 11 is 0. The van der Waals surface area contributed by atoms with Crippen LogP contribution in [0.15, 0.2) is 18.2 Å². The van der Waals surface area contributed by atoms with E-state index in [-0.39, 0.29) is 5.54 Å². The Balaban J connectivity index is 1.59. The Bertz CT molecular complexity index is 578. The van der Waals surface area contributed by atoms with Crippen molar-refractivity contribution in [3.05, 3.63) is 29.6 Å². The number of nitrogens with zero attached hydrogens (tertiary/aromatic N) is 4. The summed E-state index contributed by atoms with van der Waals surface area (Å²) in [6.07, 6.45) is 3.96. The van der Waals surface area contributed by atoms with Crippen LogP contribution in [0.25, 0.3) is 0 Å². The summed E-state index contributed by atoms with van der Waals surface area (Å²) in [7, 11) is 4.15. The Morgan fingerprint density at radius 1 is 1.21 bits per heavy atom. The third-order valence-electron chi connectivity index (χ3n) is 5.57. The van der Waals surface area contributed by atoms with Gasteiger partial charge in [0.15, 0.2) is 0 Å². The highest BCUT2D eigenvalue weighted by Crippen LogP contribution is 2.39. The molecule has 0 unspecified atom stereocenters. The SMILES string of the molecule is Cc1cccc(CN2CCC3(CCC(=O)N3CCN(C)C)CC2)n1. The van der Waals surface area contributed by atoms with Gasteiger partial charge in [0.1, 0.15) is 0 Å². The lowest BCUT2D eigenvalue weighted by atomic mass is 9.85. The fourth-order valence-electron chi connectivity index (χ4n) is 4.10. The van der Waals surface area contributed by atoms with E-state index in [9.17, 15) is 4.79 Å². The summed E-state index contributed by atoms with van der Waals surface area (Å²) in [6.45, 7) is 6.89. The van der Waals surface area contributed by atoms with Gasteiger partial charge in [-0.3, -0.25) is 14.7 Å². The minimum absolute atomic E-state index is 0.115. The van der Waals surface area contributed by atoms with Crippen LogP contribution < -0.4 is 0 Å². The number of carbonyl (C=O) groups excluding carboxylic acids is 1. The lowest BCUT2D eigenvalue weighted by Gasteiger charge is -2.45. The first kappa shape index (κ1) is 17.4. The maximum atomic E-state index is 12.4. The fraction of sp³-hybridized carbons (Fsp3) is 0.684. The second-order valence-corrected chi connectivity index (χ2v) is 7.62. The maximum absolute atomic E-state index is 12.4. The molecule has 2 fully saturated rings. The molecular weight excluding hydrogens is 300 g/mol. The molecule has 2 aliphatic rings. The van der Waals surface area contributed by atoms with E-state index in [2.05, 4.69) is 45.9 Å². The molecule has 1 spiro atoms. The monoisotopic (exact) mass is 330 g/mol. The topological polar surface area (TPSA) is 39.7 Å². The van der Waals surface area contributed by atoms with Crippen LogP contribution in [-0.2, 0) is 11.3 Å². The zero-order chi connectivity index (χ0) is 17.2. The van der Waals surface area contributed by atoms with E-state index in [0.717, 1.165) is 69.8 Å². The number of aromatic nitrogens is 1. The first-order valence-electron chi connectivity index (χ1n) is 9.09. The van der Waals surface area contributed by atoms with Crippen molar-refractivity contribution in [2.24, 2.45) is 0 Å². The molecule has 1 aromatic heterocycles. The van der Waals surface area contributed by atoms with Crippen LogP contribution in [0, 0.1) is 6.92 Å². The number of carbonyl (C=O) groups is 1. The molecule has 0 saturated carbocycles. The number of hydrogen-bond donors (Lipinski definition) is 0. The average Bonchev–Trinajstić information content (AvgIpc) is 2.84. The molecule has 5 heteroatoms. The Morgan fingerprint density at radius 3 is 2.62 bits per heavy atom. The maximum Gasteiger partial charge on any atom is 0.223 e. The van der Waals surface area contributed by atoms with Crippen LogP contribution >= 0.6 is 0 Å². The van der Waals surface area contributed by atoms with Gasteiger partial charge in [-0.05, 0) is 52.4 Å². The van der Waals surface area contributed by atoms with Gasteiger partial charge in [-0.2, -0.15) is 0 Å². The van der Waals surface area contributed by atoms with E-state index in [1.54, 1.807) is 0 Å². The number of hydrogen-bond acceptors (Lipinski definition) is 4. The van der Waals surface area contributed by atoms with Gasteiger partial charge >= 0.3 is 0 Å². The van der Waals surface area contributed by atoms with Crippen LogP contribution in [0.2, 0.25) is 0 Å². The minimum Gasteiger partial charge on any atom is -0.336 e. The van der Waals surface area contributed by atoms with Crippen LogP contribution in [0.5, 0.6) is 0 Å². The molecule has 0 N–H and O–H groups in total. The fourth-order valence-corrected chi connectivity index (χ4v) is 4.10. The Kier molecular flexibility index (Phi) is 5.21. The van der Waals surface area contributed by atoms with E-state index in [4.69, 9.17) is 0 Å². The average molecular weight is 330 g/mol. The van der Waals surface area contributed by atoms with Gasteiger partial charge in [-0.25, -0.2) is 0 Å². The summed E-state index contributed by atoms with van der Waals surface area (Å²) in [5.41, 5.74) is 2.35. The molecule has 24 heavy (non-hydrogen) atoms. The second kappa shape index (κ2) is 7.19. The lowest BCUT2D eigenvalue weighted by Crippen LogP contribution is -2.54. The molecular formula is C19H30N4O. The van der Waals surface area contributed by atoms with E-state index >= 15 is 0 Å². The third-order valence-corrected chi connectivity index (χ3v) is 5.57. The molecule has 132 valence electrons. The van der Waals surface area contributed by atoms with Crippen molar-refractivity contribution in [1.82, 2.24) is 19.7 Å². The number of rotatable bonds is 5. The van der Waals surface area contributed by atoms with Crippen molar-refractivity contribution < 1.29 is 4.79 Å². The third kappa shape index (κ3) is 3.78. The van der Waals surface area contributed by atoms with E-state index in [1.807, 2.05) is 13.0 Å². The van der Waals surface area contributed by atoms with Gasteiger partial charge in [0.2, 0.25) is 5.91 Å². The number of piperidine rings is 1. The molecule has 3 heterocycles. The molecule has 0 atom stereocenters. The van der Waals surface area contributed by atoms with Gasteiger partial charge in [0.25, 0.3) is 0 Å². The number of aryl methyl sites for hydroxylation is 1. The quantitative estimate of drug-likeness (QED) is 0.827. The highest BCUT2D eigenvalue weighted by atomic mass is 16.2. The van der Waals surface area contributed by atoms with Crippen LogP contribution in [-0.4, -0.2) is 71.4 Å². The summed E-state index contributed by atoms with van der Waals surface area (Å²) in [4.78, 5) is 23.8. The molecule has 1 amide bonds.